The Bertz CT molecular complexity index is 922. The van der Waals surface area contributed by atoms with Crippen LogP contribution in [0.15, 0.2) is 39.8 Å². The Balaban J connectivity index is 1.58. The van der Waals surface area contributed by atoms with Gasteiger partial charge in [0, 0.05) is 19.0 Å². The van der Waals surface area contributed by atoms with Crippen LogP contribution in [0.3, 0.4) is 0 Å². The Kier molecular flexibility index (Phi) is 6.48. The molecule has 0 atom stereocenters. The lowest BCUT2D eigenvalue weighted by Gasteiger charge is -2.13. The molecule has 146 valence electrons. The lowest BCUT2D eigenvalue weighted by molar-refractivity contribution is -0.122. The van der Waals surface area contributed by atoms with E-state index in [1.54, 1.807) is 19.1 Å². The van der Waals surface area contributed by atoms with Gasteiger partial charge in [-0.2, -0.15) is 0 Å². The second-order valence-corrected chi connectivity index (χ2v) is 7.63. The molecule has 0 spiro atoms. The lowest BCUT2D eigenvalue weighted by atomic mass is 10.2. The Morgan fingerprint density at radius 1 is 1.39 bits per heavy atom. The van der Waals surface area contributed by atoms with Crippen molar-refractivity contribution in [1.29, 1.82) is 0 Å². The number of carbonyl (C=O) groups is 2. The molecule has 1 aliphatic heterocycles. The average Bonchev–Trinajstić information content (AvgIpc) is 3.18. The zero-order valence-corrected chi connectivity index (χ0v) is 17.1. The molecule has 3 rings (SSSR count). The number of aryl methyl sites for hydroxylation is 1. The van der Waals surface area contributed by atoms with Crippen LogP contribution in [0, 0.1) is 6.92 Å². The third-order valence-electron chi connectivity index (χ3n) is 3.82. The molecular formula is C19H19N3O4S2. The number of nitrogens with one attached hydrogen (secondary N) is 1. The number of ether oxygens (including phenoxy) is 1. The Morgan fingerprint density at radius 3 is 2.79 bits per heavy atom. The number of hydrogen-bond acceptors (Lipinski definition) is 7. The van der Waals surface area contributed by atoms with E-state index in [0.717, 1.165) is 11.3 Å². The van der Waals surface area contributed by atoms with Crippen molar-refractivity contribution in [2.45, 2.75) is 20.3 Å². The summed E-state index contributed by atoms with van der Waals surface area (Å²) in [6, 6.07) is 9.09. The zero-order valence-electron chi connectivity index (χ0n) is 15.4. The van der Waals surface area contributed by atoms with Gasteiger partial charge >= 0.3 is 0 Å². The summed E-state index contributed by atoms with van der Waals surface area (Å²) >= 11 is 6.53. The fourth-order valence-electron chi connectivity index (χ4n) is 2.52. The van der Waals surface area contributed by atoms with E-state index in [1.807, 2.05) is 31.2 Å². The van der Waals surface area contributed by atoms with Crippen molar-refractivity contribution in [3.05, 3.63) is 46.6 Å². The minimum atomic E-state index is -0.266. The molecule has 1 N–H and O–H groups in total. The summed E-state index contributed by atoms with van der Waals surface area (Å²) in [7, 11) is 0. The quantitative estimate of drug-likeness (QED) is 0.544. The Labute approximate surface area is 172 Å². The number of thioether (sulfide) groups is 1. The lowest BCUT2D eigenvalue weighted by Crippen LogP contribution is -2.31. The number of benzene rings is 1. The molecule has 0 saturated carbocycles. The molecule has 28 heavy (non-hydrogen) atoms. The number of aromatic nitrogens is 1. The summed E-state index contributed by atoms with van der Waals surface area (Å²) in [5.41, 5.74) is 0.878. The number of rotatable bonds is 7. The summed E-state index contributed by atoms with van der Waals surface area (Å²) in [4.78, 5) is 26.6. The first-order valence-electron chi connectivity index (χ1n) is 8.67. The van der Waals surface area contributed by atoms with Gasteiger partial charge in [0.2, 0.25) is 5.91 Å². The van der Waals surface area contributed by atoms with Gasteiger partial charge in [-0.1, -0.05) is 41.3 Å². The highest BCUT2D eigenvalue weighted by atomic mass is 32.2. The van der Waals surface area contributed by atoms with Crippen LogP contribution in [-0.2, 0) is 9.59 Å². The topological polar surface area (TPSA) is 84.7 Å². The Hall–Kier alpha value is -2.65. The zero-order chi connectivity index (χ0) is 20.1. The number of amides is 2. The van der Waals surface area contributed by atoms with E-state index in [1.165, 1.54) is 16.7 Å². The van der Waals surface area contributed by atoms with E-state index >= 15 is 0 Å². The molecule has 9 heteroatoms. The van der Waals surface area contributed by atoms with Crippen LogP contribution in [0.4, 0.5) is 5.82 Å². The maximum absolute atomic E-state index is 12.6. The van der Waals surface area contributed by atoms with Gasteiger partial charge in [0.05, 0.1) is 11.5 Å². The maximum Gasteiger partial charge on any atom is 0.266 e. The summed E-state index contributed by atoms with van der Waals surface area (Å²) in [5.74, 6) is 1.27. The highest BCUT2D eigenvalue weighted by Gasteiger charge is 2.32. The summed E-state index contributed by atoms with van der Waals surface area (Å²) in [6.07, 6.45) is 1.89. The van der Waals surface area contributed by atoms with E-state index in [2.05, 4.69) is 10.5 Å². The number of nitrogens with zero attached hydrogens (tertiary/aromatic N) is 2. The van der Waals surface area contributed by atoms with Crippen LogP contribution in [-0.4, -0.2) is 39.3 Å². The van der Waals surface area contributed by atoms with Crippen LogP contribution in [0.1, 0.15) is 24.7 Å². The standard InChI is InChI=1S/C19H19N3O4S2/c1-3-25-14-6-4-13(5-7-14)11-15-18(24)22(19(27)28-15)9-8-17(23)20-16-10-12(2)26-21-16/h4-7,10-11H,3,8-9H2,1-2H3,(H,20,21,23)/b15-11+. The number of carbonyl (C=O) groups excluding carboxylic acids is 2. The third-order valence-corrected chi connectivity index (χ3v) is 5.20. The van der Waals surface area contributed by atoms with Crippen molar-refractivity contribution in [2.75, 3.05) is 18.5 Å². The molecule has 0 radical (unpaired) electrons. The van der Waals surface area contributed by atoms with Crippen LogP contribution in [0.25, 0.3) is 6.08 Å². The molecule has 1 aliphatic rings. The average molecular weight is 418 g/mol. The molecule has 7 nitrogen and oxygen atoms in total. The van der Waals surface area contributed by atoms with Gasteiger partial charge in [0.25, 0.3) is 5.91 Å². The highest BCUT2D eigenvalue weighted by Crippen LogP contribution is 2.32. The van der Waals surface area contributed by atoms with Crippen molar-refractivity contribution >= 4 is 52.0 Å². The van der Waals surface area contributed by atoms with Gasteiger partial charge in [0.1, 0.15) is 15.8 Å². The molecule has 1 fully saturated rings. The van der Waals surface area contributed by atoms with E-state index in [9.17, 15) is 9.59 Å². The second-order valence-electron chi connectivity index (χ2n) is 5.96. The van der Waals surface area contributed by atoms with Crippen LogP contribution >= 0.6 is 24.0 Å². The molecule has 2 aromatic rings. The van der Waals surface area contributed by atoms with E-state index < -0.39 is 0 Å². The molecule has 2 heterocycles. The van der Waals surface area contributed by atoms with Crippen molar-refractivity contribution < 1.29 is 18.8 Å². The van der Waals surface area contributed by atoms with Crippen LogP contribution in [0.2, 0.25) is 0 Å². The van der Waals surface area contributed by atoms with Gasteiger partial charge in [0.15, 0.2) is 5.82 Å². The summed E-state index contributed by atoms with van der Waals surface area (Å²) in [6.45, 7) is 4.46. The minimum absolute atomic E-state index is 0.106. The van der Waals surface area contributed by atoms with Crippen molar-refractivity contribution in [3.63, 3.8) is 0 Å². The molecule has 1 aromatic heterocycles. The van der Waals surface area contributed by atoms with Gasteiger partial charge in [-0.3, -0.25) is 14.5 Å². The molecule has 2 amide bonds. The fraction of sp³-hybridized carbons (Fsp3) is 0.263. The predicted molar refractivity (Wildman–Crippen MR) is 112 cm³/mol. The van der Waals surface area contributed by atoms with Gasteiger partial charge in [-0.25, -0.2) is 0 Å². The van der Waals surface area contributed by atoms with E-state index in [4.69, 9.17) is 21.5 Å². The SMILES string of the molecule is CCOc1ccc(/C=C2/SC(=S)N(CCC(=O)Nc3cc(C)on3)C2=O)cc1. The van der Waals surface area contributed by atoms with Crippen molar-refractivity contribution in [3.8, 4) is 5.75 Å². The van der Waals surface area contributed by atoms with Crippen molar-refractivity contribution in [1.82, 2.24) is 10.1 Å². The van der Waals surface area contributed by atoms with Gasteiger partial charge < -0.3 is 14.6 Å². The van der Waals surface area contributed by atoms with Crippen LogP contribution < -0.4 is 10.1 Å². The first-order valence-corrected chi connectivity index (χ1v) is 9.90. The smallest absolute Gasteiger partial charge is 0.266 e. The molecular weight excluding hydrogens is 398 g/mol. The van der Waals surface area contributed by atoms with Crippen LogP contribution in [0.5, 0.6) is 5.75 Å². The van der Waals surface area contributed by atoms with Gasteiger partial charge in [-0.15, -0.1) is 0 Å². The van der Waals surface area contributed by atoms with Crippen molar-refractivity contribution in [2.24, 2.45) is 0 Å². The summed E-state index contributed by atoms with van der Waals surface area (Å²) < 4.78 is 10.8. The first-order chi connectivity index (χ1) is 13.5. The largest absolute Gasteiger partial charge is 0.494 e. The maximum atomic E-state index is 12.6. The molecule has 0 aliphatic carbocycles. The molecule has 1 aromatic carbocycles. The second kappa shape index (κ2) is 9.03. The van der Waals surface area contributed by atoms with E-state index in [-0.39, 0.29) is 24.8 Å². The molecule has 0 unspecified atom stereocenters. The number of anilines is 1. The van der Waals surface area contributed by atoms with Gasteiger partial charge in [-0.05, 0) is 37.6 Å². The summed E-state index contributed by atoms with van der Waals surface area (Å²) in [5, 5.41) is 6.33. The normalized spacial score (nSPS) is 15.4. The number of thiocarbonyl (C=S) groups is 1. The van der Waals surface area contributed by atoms with E-state index in [0.29, 0.717) is 27.4 Å². The molecule has 1 saturated heterocycles. The first kappa shape index (κ1) is 20.1. The minimum Gasteiger partial charge on any atom is -0.494 e. The highest BCUT2D eigenvalue weighted by molar-refractivity contribution is 8.26. The fourth-order valence-corrected chi connectivity index (χ4v) is 3.82. The number of hydrogen-bond donors (Lipinski definition) is 1. The molecule has 0 bridgehead atoms. The third kappa shape index (κ3) is 4.99. The Morgan fingerprint density at radius 2 is 2.14 bits per heavy atom. The predicted octanol–water partition coefficient (Wildman–Crippen LogP) is 3.61. The monoisotopic (exact) mass is 417 g/mol.